The summed E-state index contributed by atoms with van der Waals surface area (Å²) < 4.78 is 34.7. The number of nitrogens with zero attached hydrogens (tertiary/aromatic N) is 2. The fourth-order valence-electron chi connectivity index (χ4n) is 3.17. The second-order valence-electron chi connectivity index (χ2n) is 8.04. The van der Waals surface area contributed by atoms with Gasteiger partial charge in [0.25, 0.3) is 0 Å². The van der Waals surface area contributed by atoms with E-state index in [4.69, 9.17) is 29.8 Å². The Hall–Kier alpha value is -2.72. The number of benzene rings is 1. The Morgan fingerprint density at radius 1 is 1.29 bits per heavy atom. The summed E-state index contributed by atoms with van der Waals surface area (Å²) in [6, 6.07) is 10.1. The quantitative estimate of drug-likeness (QED) is 0.410. The van der Waals surface area contributed by atoms with E-state index in [1.807, 2.05) is 20.8 Å². The standard InChI is InChI=1S/C16H21N4O5P.C6H12O2/c1-11-9-13(24-15(11)20-8-7-14(17)19-16(20)21)10-23-26(18,22)25-12-5-3-2-4-6-12;1-4-6(7)8-5(2)3/h2-8,11,13,15H,9-10H2,1H3,(H2,18,22)(H2,17,19,21);5H,4H2,1-3H3. The lowest BCUT2D eigenvalue weighted by atomic mass is 10.1. The van der Waals surface area contributed by atoms with E-state index in [-0.39, 0.29) is 36.5 Å². The number of carbonyl (C=O) groups excluding carboxylic acids is 1. The normalized spacial score (nSPS) is 21.3. The van der Waals surface area contributed by atoms with E-state index < -0.39 is 19.7 Å². The molecule has 2 heterocycles. The maximum absolute atomic E-state index is 12.3. The molecule has 0 radical (unpaired) electrons. The number of para-hydroxylation sites is 1. The zero-order valence-corrected chi connectivity index (χ0v) is 20.7. The molecule has 3 rings (SSSR count). The summed E-state index contributed by atoms with van der Waals surface area (Å²) >= 11 is 0. The van der Waals surface area contributed by atoms with Gasteiger partial charge in [-0.05, 0) is 38.5 Å². The molecule has 0 bridgehead atoms. The monoisotopic (exact) mass is 496 g/mol. The van der Waals surface area contributed by atoms with Gasteiger partial charge in [0.05, 0.1) is 18.8 Å². The summed E-state index contributed by atoms with van der Waals surface area (Å²) in [5, 5.41) is 0. The molecule has 1 aromatic carbocycles. The third kappa shape index (κ3) is 8.90. The van der Waals surface area contributed by atoms with Crippen molar-refractivity contribution in [3.8, 4) is 5.75 Å². The van der Waals surface area contributed by atoms with Crippen LogP contribution >= 0.6 is 7.75 Å². The fraction of sp³-hybridized carbons (Fsp3) is 0.500. The lowest BCUT2D eigenvalue weighted by Crippen LogP contribution is -2.29. The van der Waals surface area contributed by atoms with Gasteiger partial charge in [-0.1, -0.05) is 32.0 Å². The summed E-state index contributed by atoms with van der Waals surface area (Å²) in [5.74, 6) is 0.411. The molecule has 0 saturated carbocycles. The zero-order chi connectivity index (χ0) is 25.3. The van der Waals surface area contributed by atoms with Crippen LogP contribution in [0, 0.1) is 5.92 Å². The van der Waals surface area contributed by atoms with Crippen molar-refractivity contribution in [1.29, 1.82) is 0 Å². The van der Waals surface area contributed by atoms with Gasteiger partial charge in [0, 0.05) is 18.5 Å². The third-order valence-electron chi connectivity index (χ3n) is 4.65. The summed E-state index contributed by atoms with van der Waals surface area (Å²) in [7, 11) is -3.77. The highest BCUT2D eigenvalue weighted by Gasteiger charge is 2.35. The number of hydrogen-bond donors (Lipinski definition) is 2. The van der Waals surface area contributed by atoms with Crippen LogP contribution in [0.2, 0.25) is 0 Å². The van der Waals surface area contributed by atoms with Gasteiger partial charge in [-0.2, -0.15) is 4.98 Å². The minimum absolute atomic E-state index is 0.0153. The number of nitrogens with two attached hydrogens (primary N) is 2. The van der Waals surface area contributed by atoms with Crippen LogP contribution in [0.4, 0.5) is 5.82 Å². The molecule has 1 aliphatic heterocycles. The maximum Gasteiger partial charge on any atom is 0.456 e. The van der Waals surface area contributed by atoms with E-state index >= 15 is 0 Å². The van der Waals surface area contributed by atoms with E-state index in [2.05, 4.69) is 4.98 Å². The van der Waals surface area contributed by atoms with Gasteiger partial charge in [-0.25, -0.2) is 14.9 Å². The molecule has 2 aromatic rings. The summed E-state index contributed by atoms with van der Waals surface area (Å²) in [4.78, 5) is 26.1. The third-order valence-corrected chi connectivity index (χ3v) is 5.63. The largest absolute Gasteiger partial charge is 0.463 e. The van der Waals surface area contributed by atoms with Crippen LogP contribution in [-0.4, -0.2) is 34.3 Å². The van der Waals surface area contributed by atoms with Crippen molar-refractivity contribution in [2.75, 3.05) is 12.3 Å². The number of nitrogen functional groups attached to an aromatic ring is 1. The molecule has 34 heavy (non-hydrogen) atoms. The van der Waals surface area contributed by atoms with Crippen molar-refractivity contribution < 1.29 is 27.9 Å². The molecular weight excluding hydrogens is 463 g/mol. The second-order valence-corrected chi connectivity index (χ2v) is 9.56. The summed E-state index contributed by atoms with van der Waals surface area (Å²) in [6.45, 7) is 7.39. The first-order chi connectivity index (χ1) is 16.0. The van der Waals surface area contributed by atoms with Gasteiger partial charge < -0.3 is 19.7 Å². The zero-order valence-electron chi connectivity index (χ0n) is 19.8. The molecule has 1 fully saturated rings. The molecule has 11 nitrogen and oxygen atoms in total. The number of ether oxygens (including phenoxy) is 2. The lowest BCUT2D eigenvalue weighted by Gasteiger charge is -2.19. The van der Waals surface area contributed by atoms with Crippen LogP contribution in [0.1, 0.15) is 46.8 Å². The first kappa shape index (κ1) is 27.5. The number of aromatic nitrogens is 2. The van der Waals surface area contributed by atoms with Gasteiger partial charge in [-0.3, -0.25) is 13.9 Å². The predicted octanol–water partition coefficient (Wildman–Crippen LogP) is 3.26. The fourth-order valence-corrected chi connectivity index (χ4v) is 4.01. The number of rotatable bonds is 8. The maximum atomic E-state index is 12.3. The average molecular weight is 497 g/mol. The smallest absolute Gasteiger partial charge is 0.456 e. The molecule has 188 valence electrons. The Morgan fingerprint density at radius 2 is 1.97 bits per heavy atom. The van der Waals surface area contributed by atoms with Crippen LogP contribution in [0.3, 0.4) is 0 Å². The van der Waals surface area contributed by atoms with Gasteiger partial charge in [0.15, 0.2) is 0 Å². The van der Waals surface area contributed by atoms with Crippen LogP contribution in [0.15, 0.2) is 47.4 Å². The van der Waals surface area contributed by atoms with E-state index in [1.165, 1.54) is 10.6 Å². The van der Waals surface area contributed by atoms with Crippen molar-refractivity contribution >= 4 is 19.5 Å². The lowest BCUT2D eigenvalue weighted by molar-refractivity contribution is -0.146. The van der Waals surface area contributed by atoms with Crippen molar-refractivity contribution in [2.45, 2.75) is 59.0 Å². The molecule has 1 saturated heterocycles. The Labute approximate surface area is 198 Å². The van der Waals surface area contributed by atoms with Gasteiger partial charge in [0.1, 0.15) is 17.8 Å². The molecule has 0 amide bonds. The number of carbonyl (C=O) groups is 1. The minimum atomic E-state index is -3.77. The Bertz CT molecular complexity index is 1030. The van der Waals surface area contributed by atoms with Crippen molar-refractivity contribution in [2.24, 2.45) is 11.4 Å². The Kier molecular flexibility index (Phi) is 10.2. The molecule has 1 aromatic heterocycles. The highest BCUT2D eigenvalue weighted by Crippen LogP contribution is 2.42. The van der Waals surface area contributed by atoms with Crippen LogP contribution in [-0.2, 0) is 23.4 Å². The SMILES string of the molecule is CC1CC(COP(N)(=O)Oc2ccccc2)OC1n1ccc(N)nc1=O.CCC(=O)OC(C)C. The average Bonchev–Trinajstić information content (AvgIpc) is 3.13. The van der Waals surface area contributed by atoms with E-state index in [0.29, 0.717) is 18.6 Å². The van der Waals surface area contributed by atoms with E-state index in [9.17, 15) is 14.2 Å². The van der Waals surface area contributed by atoms with Crippen molar-refractivity contribution in [3.05, 3.63) is 53.1 Å². The Balaban J connectivity index is 0.000000440. The van der Waals surface area contributed by atoms with Crippen LogP contribution in [0.5, 0.6) is 5.75 Å². The topological polar surface area (TPSA) is 158 Å². The second kappa shape index (κ2) is 12.7. The highest BCUT2D eigenvalue weighted by molar-refractivity contribution is 7.51. The molecule has 4 unspecified atom stereocenters. The van der Waals surface area contributed by atoms with Crippen LogP contribution in [0.25, 0.3) is 0 Å². The first-order valence-corrected chi connectivity index (χ1v) is 12.6. The van der Waals surface area contributed by atoms with E-state index in [1.54, 1.807) is 43.5 Å². The number of hydrogen-bond acceptors (Lipinski definition) is 9. The molecule has 4 atom stereocenters. The summed E-state index contributed by atoms with van der Waals surface area (Å²) in [6.07, 6.45) is 1.77. The molecule has 1 aliphatic rings. The van der Waals surface area contributed by atoms with E-state index in [0.717, 1.165) is 0 Å². The molecule has 12 heteroatoms. The van der Waals surface area contributed by atoms with Crippen molar-refractivity contribution in [1.82, 2.24) is 9.55 Å². The molecular formula is C22H33N4O7P. The van der Waals surface area contributed by atoms with Gasteiger partial charge >= 0.3 is 19.4 Å². The van der Waals surface area contributed by atoms with Crippen molar-refractivity contribution in [3.63, 3.8) is 0 Å². The Morgan fingerprint density at radius 3 is 2.53 bits per heavy atom. The minimum Gasteiger partial charge on any atom is -0.463 e. The first-order valence-electron chi connectivity index (χ1n) is 11.0. The number of esters is 1. The molecule has 0 spiro atoms. The van der Waals surface area contributed by atoms with Gasteiger partial charge in [0.2, 0.25) is 0 Å². The summed E-state index contributed by atoms with van der Waals surface area (Å²) in [5.41, 5.74) is 10.6. The molecule has 0 aliphatic carbocycles. The molecule has 4 N–H and O–H groups in total. The number of anilines is 1. The highest BCUT2D eigenvalue weighted by atomic mass is 31.2. The van der Waals surface area contributed by atoms with Gasteiger partial charge in [-0.15, -0.1) is 0 Å². The van der Waals surface area contributed by atoms with Crippen LogP contribution < -0.4 is 21.5 Å². The predicted molar refractivity (Wildman–Crippen MR) is 127 cm³/mol.